The van der Waals surface area contributed by atoms with Gasteiger partial charge in [0.2, 0.25) is 0 Å². The van der Waals surface area contributed by atoms with Crippen molar-refractivity contribution in [3.63, 3.8) is 0 Å². The molecule has 7 heteroatoms. The van der Waals surface area contributed by atoms with Crippen molar-refractivity contribution in [3.05, 3.63) is 47.2 Å². The Balaban J connectivity index is 2.41. The molecule has 0 saturated carbocycles. The SMILES string of the molecule is Cc1ccncc1NS(=O)(=O)c1ccc(Cl)cc1N. The molecule has 0 unspecified atom stereocenters. The number of hydrogen-bond donors (Lipinski definition) is 2. The van der Waals surface area contributed by atoms with Crippen LogP contribution < -0.4 is 10.5 Å². The monoisotopic (exact) mass is 297 g/mol. The summed E-state index contributed by atoms with van der Waals surface area (Å²) in [4.78, 5) is 3.87. The Labute approximate surface area is 116 Å². The van der Waals surface area contributed by atoms with Crippen LogP contribution in [0.15, 0.2) is 41.6 Å². The van der Waals surface area contributed by atoms with Crippen molar-refractivity contribution < 1.29 is 8.42 Å². The molecule has 0 spiro atoms. The molecular formula is C12H12ClN3O2S. The molecule has 100 valence electrons. The van der Waals surface area contributed by atoms with Gasteiger partial charge in [0.15, 0.2) is 0 Å². The van der Waals surface area contributed by atoms with E-state index in [4.69, 9.17) is 17.3 Å². The molecule has 3 N–H and O–H groups in total. The standard InChI is InChI=1S/C12H12ClN3O2S/c1-8-4-5-15-7-11(8)16-19(17,18)12-3-2-9(13)6-10(12)14/h2-7,16H,14H2,1H3. The van der Waals surface area contributed by atoms with Gasteiger partial charge in [0.05, 0.1) is 17.6 Å². The van der Waals surface area contributed by atoms with Gasteiger partial charge in [-0.05, 0) is 36.8 Å². The lowest BCUT2D eigenvalue weighted by molar-refractivity contribution is 0.601. The topological polar surface area (TPSA) is 85.1 Å². The predicted octanol–water partition coefficient (Wildman–Crippen LogP) is 2.43. The predicted molar refractivity (Wildman–Crippen MR) is 75.6 cm³/mol. The van der Waals surface area contributed by atoms with E-state index in [-0.39, 0.29) is 10.6 Å². The highest BCUT2D eigenvalue weighted by molar-refractivity contribution is 7.92. The van der Waals surface area contributed by atoms with Crippen LogP contribution >= 0.6 is 11.6 Å². The lowest BCUT2D eigenvalue weighted by Gasteiger charge is -2.11. The van der Waals surface area contributed by atoms with Gasteiger partial charge in [-0.15, -0.1) is 0 Å². The highest BCUT2D eigenvalue weighted by atomic mass is 35.5. The average Bonchev–Trinajstić information content (AvgIpc) is 2.31. The molecule has 0 amide bonds. The third kappa shape index (κ3) is 2.97. The van der Waals surface area contributed by atoms with Gasteiger partial charge in [0.25, 0.3) is 10.0 Å². The molecule has 0 saturated heterocycles. The summed E-state index contributed by atoms with van der Waals surface area (Å²) < 4.78 is 26.9. The Kier molecular flexibility index (Phi) is 3.64. The molecule has 0 aliphatic rings. The molecule has 5 nitrogen and oxygen atoms in total. The van der Waals surface area contributed by atoms with E-state index in [1.807, 2.05) is 0 Å². The van der Waals surface area contributed by atoms with Crippen LogP contribution in [0.1, 0.15) is 5.56 Å². The van der Waals surface area contributed by atoms with Crippen LogP contribution in [-0.2, 0) is 10.0 Å². The maximum absolute atomic E-state index is 12.2. The fourth-order valence-electron chi connectivity index (χ4n) is 1.53. The highest BCUT2D eigenvalue weighted by Gasteiger charge is 2.18. The second-order valence-electron chi connectivity index (χ2n) is 3.98. The number of rotatable bonds is 3. The number of sulfonamides is 1. The lowest BCUT2D eigenvalue weighted by atomic mass is 10.3. The number of anilines is 2. The lowest BCUT2D eigenvalue weighted by Crippen LogP contribution is -2.15. The molecule has 2 rings (SSSR count). The number of hydrogen-bond acceptors (Lipinski definition) is 4. The van der Waals surface area contributed by atoms with Crippen molar-refractivity contribution in [2.75, 3.05) is 10.5 Å². The van der Waals surface area contributed by atoms with Crippen LogP contribution in [0.5, 0.6) is 0 Å². The number of aromatic nitrogens is 1. The van der Waals surface area contributed by atoms with Crippen LogP contribution in [-0.4, -0.2) is 13.4 Å². The molecule has 0 aliphatic heterocycles. The number of pyridine rings is 1. The Bertz CT molecular complexity index is 717. The van der Waals surface area contributed by atoms with Crippen molar-refractivity contribution >= 4 is 33.0 Å². The molecule has 0 atom stereocenters. The van der Waals surface area contributed by atoms with Gasteiger partial charge in [-0.3, -0.25) is 9.71 Å². The largest absolute Gasteiger partial charge is 0.398 e. The molecule has 0 bridgehead atoms. The summed E-state index contributed by atoms with van der Waals surface area (Å²) in [7, 11) is -3.76. The first-order chi connectivity index (χ1) is 8.90. The minimum absolute atomic E-state index is 0.0137. The Morgan fingerprint density at radius 1 is 1.32 bits per heavy atom. The highest BCUT2D eigenvalue weighted by Crippen LogP contribution is 2.25. The van der Waals surface area contributed by atoms with E-state index < -0.39 is 10.0 Å². The number of nitrogens with zero attached hydrogens (tertiary/aromatic N) is 1. The number of benzene rings is 1. The second-order valence-corrected chi connectivity index (χ2v) is 6.07. The summed E-state index contributed by atoms with van der Waals surface area (Å²) in [6, 6.07) is 5.95. The fourth-order valence-corrected chi connectivity index (χ4v) is 2.94. The van der Waals surface area contributed by atoms with Gasteiger partial charge in [-0.1, -0.05) is 11.6 Å². The number of halogens is 1. The zero-order valence-electron chi connectivity index (χ0n) is 10.1. The first-order valence-electron chi connectivity index (χ1n) is 5.38. The summed E-state index contributed by atoms with van der Waals surface area (Å²) in [5, 5.41) is 0.383. The van der Waals surface area contributed by atoms with E-state index in [0.717, 1.165) is 5.56 Å². The average molecular weight is 298 g/mol. The van der Waals surface area contributed by atoms with Gasteiger partial charge in [0, 0.05) is 11.2 Å². The number of aryl methyl sites for hydroxylation is 1. The smallest absolute Gasteiger partial charge is 0.264 e. The van der Waals surface area contributed by atoms with E-state index in [9.17, 15) is 8.42 Å². The van der Waals surface area contributed by atoms with Crippen molar-refractivity contribution in [3.8, 4) is 0 Å². The number of nitrogens with two attached hydrogens (primary N) is 1. The van der Waals surface area contributed by atoms with E-state index in [0.29, 0.717) is 10.7 Å². The molecule has 19 heavy (non-hydrogen) atoms. The molecule has 1 heterocycles. The van der Waals surface area contributed by atoms with Crippen molar-refractivity contribution in [2.24, 2.45) is 0 Å². The first-order valence-corrected chi connectivity index (χ1v) is 7.25. The molecular weight excluding hydrogens is 286 g/mol. The molecule has 1 aromatic carbocycles. The fraction of sp³-hybridized carbons (Fsp3) is 0.0833. The molecule has 2 aromatic rings. The zero-order valence-corrected chi connectivity index (χ0v) is 11.7. The molecule has 1 aromatic heterocycles. The quantitative estimate of drug-likeness (QED) is 0.852. The third-order valence-electron chi connectivity index (χ3n) is 2.54. The van der Waals surface area contributed by atoms with Crippen LogP contribution in [0.25, 0.3) is 0 Å². The summed E-state index contributed by atoms with van der Waals surface area (Å²) in [6.45, 7) is 1.78. The minimum Gasteiger partial charge on any atom is -0.398 e. The van der Waals surface area contributed by atoms with Crippen LogP contribution in [0.4, 0.5) is 11.4 Å². The van der Waals surface area contributed by atoms with Crippen LogP contribution in [0.2, 0.25) is 5.02 Å². The number of nitrogen functional groups attached to an aromatic ring is 1. The maximum atomic E-state index is 12.2. The maximum Gasteiger partial charge on any atom is 0.264 e. The van der Waals surface area contributed by atoms with E-state index >= 15 is 0 Å². The Morgan fingerprint density at radius 2 is 2.05 bits per heavy atom. The molecule has 0 radical (unpaired) electrons. The van der Waals surface area contributed by atoms with E-state index in [2.05, 4.69) is 9.71 Å². The van der Waals surface area contributed by atoms with Crippen molar-refractivity contribution in [1.29, 1.82) is 0 Å². The van der Waals surface area contributed by atoms with Crippen molar-refractivity contribution in [2.45, 2.75) is 11.8 Å². The summed E-state index contributed by atoms with van der Waals surface area (Å²) in [5.41, 5.74) is 6.96. The minimum atomic E-state index is -3.76. The summed E-state index contributed by atoms with van der Waals surface area (Å²) in [6.07, 6.45) is 3.03. The first kappa shape index (κ1) is 13.6. The van der Waals surface area contributed by atoms with Crippen LogP contribution in [0, 0.1) is 6.92 Å². The van der Waals surface area contributed by atoms with E-state index in [1.54, 1.807) is 19.2 Å². The normalized spacial score (nSPS) is 11.3. The zero-order chi connectivity index (χ0) is 14.0. The molecule has 0 fully saturated rings. The summed E-state index contributed by atoms with van der Waals surface area (Å²) >= 11 is 5.75. The van der Waals surface area contributed by atoms with Gasteiger partial charge < -0.3 is 5.73 Å². The van der Waals surface area contributed by atoms with Gasteiger partial charge in [-0.2, -0.15) is 0 Å². The third-order valence-corrected chi connectivity index (χ3v) is 4.22. The number of nitrogens with one attached hydrogen (secondary N) is 1. The van der Waals surface area contributed by atoms with Gasteiger partial charge in [0.1, 0.15) is 4.90 Å². The summed E-state index contributed by atoms with van der Waals surface area (Å²) in [5.74, 6) is 0. The van der Waals surface area contributed by atoms with Gasteiger partial charge in [-0.25, -0.2) is 8.42 Å². The second kappa shape index (κ2) is 5.07. The van der Waals surface area contributed by atoms with Crippen LogP contribution in [0.3, 0.4) is 0 Å². The Hall–Kier alpha value is -1.79. The Morgan fingerprint density at radius 3 is 2.68 bits per heavy atom. The van der Waals surface area contributed by atoms with E-state index in [1.165, 1.54) is 24.4 Å². The van der Waals surface area contributed by atoms with Gasteiger partial charge >= 0.3 is 0 Å². The van der Waals surface area contributed by atoms with Crippen molar-refractivity contribution in [1.82, 2.24) is 4.98 Å². The molecule has 0 aliphatic carbocycles.